The molecule has 3 rings (SSSR count). The molecule has 2 aliphatic heterocycles. The highest BCUT2D eigenvalue weighted by Gasteiger charge is 2.32. The number of hydrogen-bond donors (Lipinski definition) is 0. The molecule has 2 aliphatic rings. The molecule has 136 valence electrons. The van der Waals surface area contributed by atoms with E-state index in [4.69, 9.17) is 11.6 Å². The molecule has 1 atom stereocenters. The number of halogens is 1. The molecule has 7 heteroatoms. The van der Waals surface area contributed by atoms with Gasteiger partial charge in [0.1, 0.15) is 5.82 Å². The molecule has 0 aromatic carbocycles. The highest BCUT2D eigenvalue weighted by atomic mass is 35.5. The van der Waals surface area contributed by atoms with Gasteiger partial charge >= 0.3 is 0 Å². The first-order chi connectivity index (χ1) is 12.1. The smallest absolute Gasteiger partial charge is 0.227 e. The molecule has 2 amide bonds. The van der Waals surface area contributed by atoms with Crippen LogP contribution < -0.4 is 4.90 Å². The minimum absolute atomic E-state index is 0.0514. The van der Waals surface area contributed by atoms with Crippen molar-refractivity contribution in [3.63, 3.8) is 0 Å². The van der Waals surface area contributed by atoms with Crippen LogP contribution in [0.2, 0.25) is 5.02 Å². The van der Waals surface area contributed by atoms with Crippen LogP contribution in [0.15, 0.2) is 18.3 Å². The van der Waals surface area contributed by atoms with Gasteiger partial charge in [-0.25, -0.2) is 4.98 Å². The van der Waals surface area contributed by atoms with E-state index in [1.54, 1.807) is 6.20 Å². The summed E-state index contributed by atoms with van der Waals surface area (Å²) in [5, 5.41) is 0.626. The number of aromatic nitrogens is 1. The van der Waals surface area contributed by atoms with Gasteiger partial charge in [-0.05, 0) is 25.0 Å². The number of piperazine rings is 1. The number of hydrogen-bond acceptors (Lipinski definition) is 4. The van der Waals surface area contributed by atoms with Crippen molar-refractivity contribution in [3.05, 3.63) is 23.4 Å². The van der Waals surface area contributed by atoms with Crippen LogP contribution in [0, 0.1) is 5.92 Å². The normalized spacial score (nSPS) is 21.4. The van der Waals surface area contributed by atoms with Crippen molar-refractivity contribution in [2.45, 2.75) is 26.2 Å². The zero-order valence-corrected chi connectivity index (χ0v) is 15.4. The summed E-state index contributed by atoms with van der Waals surface area (Å²) >= 11 is 5.88. The molecule has 0 radical (unpaired) electrons. The second-order valence-corrected chi connectivity index (χ2v) is 7.12. The number of amides is 2. The Kier molecular flexibility index (Phi) is 5.78. The number of carbonyl (C=O) groups excluding carboxylic acids is 2. The lowest BCUT2D eigenvalue weighted by Crippen LogP contribution is -2.53. The monoisotopic (exact) mass is 364 g/mol. The lowest BCUT2D eigenvalue weighted by atomic mass is 9.96. The molecular formula is C18H25ClN4O2. The predicted molar refractivity (Wildman–Crippen MR) is 97.6 cm³/mol. The number of pyridine rings is 1. The fourth-order valence-corrected chi connectivity index (χ4v) is 3.71. The van der Waals surface area contributed by atoms with Crippen LogP contribution in [0.4, 0.5) is 5.82 Å². The Hall–Kier alpha value is -1.82. The third kappa shape index (κ3) is 4.24. The van der Waals surface area contributed by atoms with Gasteiger partial charge in [-0.2, -0.15) is 0 Å². The summed E-state index contributed by atoms with van der Waals surface area (Å²) in [6.07, 6.45) is 3.95. The molecule has 0 spiro atoms. The van der Waals surface area contributed by atoms with Crippen LogP contribution in [0.3, 0.4) is 0 Å². The Balaban J connectivity index is 1.54. The van der Waals surface area contributed by atoms with E-state index in [9.17, 15) is 9.59 Å². The molecule has 3 heterocycles. The summed E-state index contributed by atoms with van der Waals surface area (Å²) in [4.78, 5) is 35.1. The highest BCUT2D eigenvalue weighted by Crippen LogP contribution is 2.22. The number of nitrogens with zero attached hydrogens (tertiary/aromatic N) is 4. The van der Waals surface area contributed by atoms with Crippen molar-refractivity contribution < 1.29 is 9.59 Å². The number of anilines is 1. The maximum absolute atomic E-state index is 12.8. The van der Waals surface area contributed by atoms with E-state index < -0.39 is 0 Å². The van der Waals surface area contributed by atoms with Crippen molar-refractivity contribution in [1.29, 1.82) is 0 Å². The van der Waals surface area contributed by atoms with Gasteiger partial charge < -0.3 is 14.7 Å². The molecule has 1 aromatic heterocycles. The van der Waals surface area contributed by atoms with Crippen molar-refractivity contribution in [1.82, 2.24) is 14.8 Å². The van der Waals surface area contributed by atoms with Crippen LogP contribution in [-0.2, 0) is 9.59 Å². The van der Waals surface area contributed by atoms with Gasteiger partial charge in [0.25, 0.3) is 0 Å². The number of carbonyl (C=O) groups is 2. The maximum atomic E-state index is 12.8. The van der Waals surface area contributed by atoms with E-state index in [-0.39, 0.29) is 17.7 Å². The summed E-state index contributed by atoms with van der Waals surface area (Å²) in [5.41, 5.74) is 0. The molecule has 25 heavy (non-hydrogen) atoms. The molecule has 1 aromatic rings. The summed E-state index contributed by atoms with van der Waals surface area (Å²) in [7, 11) is 0. The van der Waals surface area contributed by atoms with Crippen LogP contribution >= 0.6 is 11.6 Å². The molecule has 1 unspecified atom stereocenters. The lowest BCUT2D eigenvalue weighted by molar-refractivity contribution is -0.141. The number of rotatable bonds is 3. The van der Waals surface area contributed by atoms with E-state index in [1.807, 2.05) is 28.9 Å². The first-order valence-corrected chi connectivity index (χ1v) is 9.39. The fourth-order valence-electron chi connectivity index (χ4n) is 3.60. The first kappa shape index (κ1) is 18.0. The largest absolute Gasteiger partial charge is 0.353 e. The summed E-state index contributed by atoms with van der Waals surface area (Å²) < 4.78 is 0. The second-order valence-electron chi connectivity index (χ2n) is 6.68. The third-order valence-electron chi connectivity index (χ3n) is 5.05. The Bertz CT molecular complexity index is 614. The standard InChI is InChI=1S/C18H25ClN4O2/c1-2-17(24)23-7-3-4-14(13-23)18(25)22-10-8-21(9-11-22)16-6-5-15(19)12-20-16/h5-6,12,14H,2-4,7-11,13H2,1H3. The van der Waals surface area contributed by atoms with Crippen molar-refractivity contribution in [3.8, 4) is 0 Å². The Labute approximate surface area is 153 Å². The highest BCUT2D eigenvalue weighted by molar-refractivity contribution is 6.30. The van der Waals surface area contributed by atoms with E-state index >= 15 is 0 Å². The van der Waals surface area contributed by atoms with E-state index in [0.29, 0.717) is 31.1 Å². The van der Waals surface area contributed by atoms with Gasteiger partial charge in [0.05, 0.1) is 10.9 Å². The first-order valence-electron chi connectivity index (χ1n) is 9.01. The molecular weight excluding hydrogens is 340 g/mol. The van der Waals surface area contributed by atoms with Crippen LogP contribution in [-0.4, -0.2) is 65.9 Å². The Morgan fingerprint density at radius 3 is 2.56 bits per heavy atom. The topological polar surface area (TPSA) is 56.8 Å². The zero-order chi connectivity index (χ0) is 17.8. The predicted octanol–water partition coefficient (Wildman–Crippen LogP) is 2.03. The zero-order valence-electron chi connectivity index (χ0n) is 14.7. The van der Waals surface area contributed by atoms with Gasteiger partial charge in [0.2, 0.25) is 11.8 Å². The maximum Gasteiger partial charge on any atom is 0.227 e. The lowest BCUT2D eigenvalue weighted by Gasteiger charge is -2.39. The molecule has 6 nitrogen and oxygen atoms in total. The number of piperidine rings is 1. The fraction of sp³-hybridized carbons (Fsp3) is 0.611. The minimum atomic E-state index is -0.0514. The van der Waals surface area contributed by atoms with Gasteiger partial charge in [0.15, 0.2) is 0 Å². The Morgan fingerprint density at radius 2 is 1.92 bits per heavy atom. The third-order valence-corrected chi connectivity index (χ3v) is 5.28. The minimum Gasteiger partial charge on any atom is -0.353 e. The van der Waals surface area contributed by atoms with Gasteiger partial charge in [-0.15, -0.1) is 0 Å². The van der Waals surface area contributed by atoms with E-state index in [2.05, 4.69) is 9.88 Å². The summed E-state index contributed by atoms with van der Waals surface area (Å²) in [6, 6.07) is 3.75. The molecule has 2 fully saturated rings. The van der Waals surface area contributed by atoms with Crippen LogP contribution in [0.5, 0.6) is 0 Å². The number of likely N-dealkylation sites (tertiary alicyclic amines) is 1. The molecule has 0 N–H and O–H groups in total. The average Bonchev–Trinajstić information content (AvgIpc) is 2.67. The van der Waals surface area contributed by atoms with Gasteiger partial charge in [0, 0.05) is 51.9 Å². The molecule has 0 aliphatic carbocycles. The molecule has 0 saturated carbocycles. The van der Waals surface area contributed by atoms with Crippen molar-refractivity contribution >= 4 is 29.2 Å². The van der Waals surface area contributed by atoms with Crippen LogP contribution in [0.1, 0.15) is 26.2 Å². The summed E-state index contributed by atoms with van der Waals surface area (Å²) in [5.74, 6) is 1.19. The average molecular weight is 365 g/mol. The SMILES string of the molecule is CCC(=O)N1CCCC(C(=O)N2CCN(c3ccc(Cl)cn3)CC2)C1. The Morgan fingerprint density at radius 1 is 1.16 bits per heavy atom. The van der Waals surface area contributed by atoms with Crippen molar-refractivity contribution in [2.24, 2.45) is 5.92 Å². The quantitative estimate of drug-likeness (QED) is 0.823. The van der Waals surface area contributed by atoms with E-state index in [1.165, 1.54) is 0 Å². The summed E-state index contributed by atoms with van der Waals surface area (Å²) in [6.45, 7) is 6.16. The molecule has 0 bridgehead atoms. The van der Waals surface area contributed by atoms with E-state index in [0.717, 1.165) is 38.3 Å². The second kappa shape index (κ2) is 8.04. The molecule has 2 saturated heterocycles. The van der Waals surface area contributed by atoms with Crippen LogP contribution in [0.25, 0.3) is 0 Å². The van der Waals surface area contributed by atoms with Gasteiger partial charge in [-0.3, -0.25) is 9.59 Å². The van der Waals surface area contributed by atoms with Crippen molar-refractivity contribution in [2.75, 3.05) is 44.2 Å². The van der Waals surface area contributed by atoms with Gasteiger partial charge in [-0.1, -0.05) is 18.5 Å².